The fourth-order valence-corrected chi connectivity index (χ4v) is 2.24. The average Bonchev–Trinajstić information content (AvgIpc) is 2.41. The summed E-state index contributed by atoms with van der Waals surface area (Å²) in [5, 5.41) is 0. The highest BCUT2D eigenvalue weighted by Gasteiger charge is 2.30. The van der Waals surface area contributed by atoms with Gasteiger partial charge in [-0.3, -0.25) is 0 Å². The van der Waals surface area contributed by atoms with Crippen LogP contribution in [0.25, 0.3) is 0 Å². The maximum atomic E-state index is 6.34. The number of hydrogen-bond acceptors (Lipinski definition) is 1. The Balaban J connectivity index is 2.76. The van der Waals surface area contributed by atoms with Gasteiger partial charge in [-0.15, -0.1) is 0 Å². The van der Waals surface area contributed by atoms with Gasteiger partial charge < -0.3 is 5.73 Å². The summed E-state index contributed by atoms with van der Waals surface area (Å²) in [6.45, 7) is 8.84. The first-order valence-corrected chi connectivity index (χ1v) is 6.11. The number of rotatable bonds is 3. The molecule has 1 heteroatoms. The molecular formula is C14H25N. The molecule has 15 heavy (non-hydrogen) atoms. The molecule has 1 aliphatic rings. The van der Waals surface area contributed by atoms with Crippen molar-refractivity contribution < 1.29 is 0 Å². The van der Waals surface area contributed by atoms with Crippen LogP contribution < -0.4 is 5.73 Å². The van der Waals surface area contributed by atoms with E-state index in [0.717, 1.165) is 6.42 Å². The van der Waals surface area contributed by atoms with Gasteiger partial charge in [0, 0.05) is 5.54 Å². The van der Waals surface area contributed by atoms with Gasteiger partial charge in [0.15, 0.2) is 0 Å². The second kappa shape index (κ2) is 4.98. The van der Waals surface area contributed by atoms with Gasteiger partial charge in [0.2, 0.25) is 0 Å². The summed E-state index contributed by atoms with van der Waals surface area (Å²) in [6.07, 6.45) is 10.4. The number of nitrogens with two attached hydrogens (primary N) is 1. The minimum absolute atomic E-state index is 0.0359. The predicted molar refractivity (Wildman–Crippen MR) is 67.7 cm³/mol. The van der Waals surface area contributed by atoms with Crippen molar-refractivity contribution in [1.29, 1.82) is 0 Å². The third kappa shape index (κ3) is 3.20. The van der Waals surface area contributed by atoms with Crippen molar-refractivity contribution in [2.75, 3.05) is 0 Å². The smallest absolute Gasteiger partial charge is 0.0154 e. The lowest BCUT2D eigenvalue weighted by Crippen LogP contribution is -2.45. The lowest BCUT2D eigenvalue weighted by atomic mass is 9.75. The van der Waals surface area contributed by atoms with Crippen molar-refractivity contribution in [3.63, 3.8) is 0 Å². The van der Waals surface area contributed by atoms with E-state index in [2.05, 4.69) is 45.9 Å². The summed E-state index contributed by atoms with van der Waals surface area (Å²) in [4.78, 5) is 0. The highest BCUT2D eigenvalue weighted by atomic mass is 14.7. The van der Waals surface area contributed by atoms with E-state index in [-0.39, 0.29) is 5.54 Å². The third-order valence-corrected chi connectivity index (χ3v) is 3.97. The zero-order valence-corrected chi connectivity index (χ0v) is 10.6. The summed E-state index contributed by atoms with van der Waals surface area (Å²) in [7, 11) is 0. The lowest BCUT2D eigenvalue weighted by molar-refractivity contribution is 0.238. The van der Waals surface area contributed by atoms with Crippen molar-refractivity contribution >= 4 is 0 Å². The Labute approximate surface area is 94.4 Å². The first kappa shape index (κ1) is 12.5. The molecular weight excluding hydrogens is 182 g/mol. The van der Waals surface area contributed by atoms with Crippen LogP contribution in [0.1, 0.15) is 47.0 Å². The van der Waals surface area contributed by atoms with E-state index >= 15 is 0 Å². The van der Waals surface area contributed by atoms with Crippen LogP contribution in [0.5, 0.6) is 0 Å². The molecule has 0 bridgehead atoms. The second-order valence-corrected chi connectivity index (χ2v) is 5.20. The quantitative estimate of drug-likeness (QED) is 0.751. The van der Waals surface area contributed by atoms with Crippen molar-refractivity contribution in [1.82, 2.24) is 0 Å². The normalized spacial score (nSPS) is 27.8. The van der Waals surface area contributed by atoms with Crippen LogP contribution >= 0.6 is 0 Å². The fourth-order valence-electron chi connectivity index (χ4n) is 2.24. The topological polar surface area (TPSA) is 26.0 Å². The maximum Gasteiger partial charge on any atom is 0.0154 e. The molecule has 1 nitrogen and oxygen atoms in total. The first-order valence-electron chi connectivity index (χ1n) is 6.11. The molecule has 0 fully saturated rings. The zero-order chi connectivity index (χ0) is 11.5. The Hall–Kier alpha value is -0.560. The van der Waals surface area contributed by atoms with E-state index in [4.69, 9.17) is 5.73 Å². The number of hydrogen-bond donors (Lipinski definition) is 1. The molecule has 0 heterocycles. The largest absolute Gasteiger partial charge is 0.325 e. The summed E-state index contributed by atoms with van der Waals surface area (Å²) in [5.41, 5.74) is 7.69. The molecule has 2 N–H and O–H groups in total. The standard InChI is InChI=1S/C14H25N/c1-5-14(4,15)12(3)13-9-7-6-8-11(2)10-13/h6,8,10,12-13H,5,7,9,15H2,1-4H3/t12-,13?,14?/m0/s1. The Kier molecular flexibility index (Phi) is 4.15. The molecule has 0 saturated heterocycles. The molecule has 0 amide bonds. The molecule has 1 rings (SSSR count). The van der Waals surface area contributed by atoms with Gasteiger partial charge in [-0.25, -0.2) is 0 Å². The average molecular weight is 207 g/mol. The minimum Gasteiger partial charge on any atom is -0.325 e. The molecule has 86 valence electrons. The van der Waals surface area contributed by atoms with Gasteiger partial charge in [0.05, 0.1) is 0 Å². The van der Waals surface area contributed by atoms with Crippen molar-refractivity contribution in [2.45, 2.75) is 52.5 Å². The van der Waals surface area contributed by atoms with Crippen molar-refractivity contribution in [3.05, 3.63) is 23.8 Å². The molecule has 0 aliphatic heterocycles. The summed E-state index contributed by atoms with van der Waals surface area (Å²) in [5.74, 6) is 1.19. The summed E-state index contributed by atoms with van der Waals surface area (Å²) < 4.78 is 0. The van der Waals surface area contributed by atoms with Gasteiger partial charge in [-0.05, 0) is 44.9 Å². The molecule has 1 aliphatic carbocycles. The van der Waals surface area contributed by atoms with E-state index in [9.17, 15) is 0 Å². The Bertz CT molecular complexity index is 261. The zero-order valence-electron chi connectivity index (χ0n) is 10.6. The van der Waals surface area contributed by atoms with Gasteiger partial charge in [0.25, 0.3) is 0 Å². The predicted octanol–water partition coefficient (Wildman–Crippen LogP) is 3.66. The van der Waals surface area contributed by atoms with Crippen molar-refractivity contribution in [2.24, 2.45) is 17.6 Å². The molecule has 0 aromatic rings. The van der Waals surface area contributed by atoms with Gasteiger partial charge >= 0.3 is 0 Å². The molecule has 0 aromatic heterocycles. The lowest BCUT2D eigenvalue weighted by Gasteiger charge is -2.35. The SMILES string of the molecule is CCC(C)(N)[C@@H](C)C1C=C(C)C=CCC1. The van der Waals surface area contributed by atoms with E-state index < -0.39 is 0 Å². The Morgan fingerprint density at radius 2 is 2.27 bits per heavy atom. The highest BCUT2D eigenvalue weighted by molar-refractivity contribution is 5.20. The molecule has 2 unspecified atom stereocenters. The minimum atomic E-state index is -0.0359. The van der Waals surface area contributed by atoms with Crippen LogP contribution in [-0.2, 0) is 0 Å². The van der Waals surface area contributed by atoms with Gasteiger partial charge in [-0.1, -0.05) is 37.6 Å². The first-order chi connectivity index (χ1) is 6.97. The van der Waals surface area contributed by atoms with Crippen LogP contribution in [-0.4, -0.2) is 5.54 Å². The van der Waals surface area contributed by atoms with E-state index in [1.165, 1.54) is 18.4 Å². The van der Waals surface area contributed by atoms with Crippen molar-refractivity contribution in [3.8, 4) is 0 Å². The third-order valence-electron chi connectivity index (χ3n) is 3.97. The number of allylic oxidation sites excluding steroid dienone is 4. The van der Waals surface area contributed by atoms with Crippen LogP contribution in [0.3, 0.4) is 0 Å². The Morgan fingerprint density at radius 1 is 1.60 bits per heavy atom. The molecule has 0 radical (unpaired) electrons. The Morgan fingerprint density at radius 3 is 2.87 bits per heavy atom. The van der Waals surface area contributed by atoms with Crippen LogP contribution in [0, 0.1) is 11.8 Å². The van der Waals surface area contributed by atoms with E-state index in [0.29, 0.717) is 11.8 Å². The molecule has 0 saturated carbocycles. The fraction of sp³-hybridized carbons (Fsp3) is 0.714. The van der Waals surface area contributed by atoms with Crippen LogP contribution in [0.15, 0.2) is 23.8 Å². The summed E-state index contributed by atoms with van der Waals surface area (Å²) >= 11 is 0. The highest BCUT2D eigenvalue weighted by Crippen LogP contribution is 2.31. The molecule has 3 atom stereocenters. The van der Waals surface area contributed by atoms with Crippen LogP contribution in [0.2, 0.25) is 0 Å². The van der Waals surface area contributed by atoms with Crippen LogP contribution in [0.4, 0.5) is 0 Å². The van der Waals surface area contributed by atoms with E-state index in [1.54, 1.807) is 0 Å². The summed E-state index contributed by atoms with van der Waals surface area (Å²) in [6, 6.07) is 0. The van der Waals surface area contributed by atoms with Gasteiger partial charge in [0.1, 0.15) is 0 Å². The maximum absolute atomic E-state index is 6.34. The van der Waals surface area contributed by atoms with E-state index in [1.807, 2.05) is 0 Å². The monoisotopic (exact) mass is 207 g/mol. The second-order valence-electron chi connectivity index (χ2n) is 5.20. The van der Waals surface area contributed by atoms with Gasteiger partial charge in [-0.2, -0.15) is 0 Å². The molecule has 0 spiro atoms. The molecule has 0 aromatic carbocycles.